The molecule has 0 bridgehead atoms. The normalized spacial score (nSPS) is 18.2. The summed E-state index contributed by atoms with van der Waals surface area (Å²) >= 11 is 0. The minimum absolute atomic E-state index is 0.0441. The average Bonchev–Trinajstić information content (AvgIpc) is 2.97. The van der Waals surface area contributed by atoms with Crippen LogP contribution in [-0.2, 0) is 13.6 Å². The lowest BCUT2D eigenvalue weighted by Crippen LogP contribution is -2.38. The van der Waals surface area contributed by atoms with Gasteiger partial charge in [0.15, 0.2) is 5.69 Å². The zero-order valence-corrected chi connectivity index (χ0v) is 14.4. The van der Waals surface area contributed by atoms with E-state index in [0.29, 0.717) is 23.9 Å². The first-order chi connectivity index (χ1) is 11.6. The van der Waals surface area contributed by atoms with Crippen LogP contribution in [0, 0.1) is 6.92 Å². The molecule has 2 aliphatic rings. The summed E-state index contributed by atoms with van der Waals surface area (Å²) in [5.41, 5.74) is 2.67. The van der Waals surface area contributed by atoms with Gasteiger partial charge in [0.25, 0.3) is 5.91 Å². The lowest BCUT2D eigenvalue weighted by Gasteiger charge is -2.27. The molecule has 0 radical (unpaired) electrons. The van der Waals surface area contributed by atoms with Crippen molar-refractivity contribution in [1.29, 1.82) is 0 Å². The van der Waals surface area contributed by atoms with E-state index in [2.05, 4.69) is 16.3 Å². The Hall–Kier alpha value is -2.11. The summed E-state index contributed by atoms with van der Waals surface area (Å²) in [6.07, 6.45) is 6.99. The van der Waals surface area contributed by atoms with E-state index in [1.165, 1.54) is 31.4 Å². The van der Waals surface area contributed by atoms with Crippen molar-refractivity contribution in [3.05, 3.63) is 35.0 Å². The molecule has 6 heteroatoms. The summed E-state index contributed by atoms with van der Waals surface area (Å²) in [7, 11) is 2.00. The minimum atomic E-state index is -0.0441. The Bertz CT molecular complexity index is 738. The summed E-state index contributed by atoms with van der Waals surface area (Å²) in [5, 5.41) is 8.56. The van der Waals surface area contributed by atoms with Crippen molar-refractivity contribution in [3.63, 3.8) is 0 Å². The number of carbonyl (C=O) groups is 1. The predicted octanol–water partition coefficient (Wildman–Crippen LogP) is 3.18. The Labute approximate surface area is 141 Å². The Morgan fingerprint density at radius 1 is 1.29 bits per heavy atom. The monoisotopic (exact) mass is 328 g/mol. The van der Waals surface area contributed by atoms with Gasteiger partial charge in [0.2, 0.25) is 0 Å². The topological polar surface area (TPSA) is 64.2 Å². The molecule has 0 unspecified atom stereocenters. The Morgan fingerprint density at radius 3 is 2.67 bits per heavy atom. The maximum Gasteiger partial charge on any atom is 0.276 e. The lowest BCUT2D eigenvalue weighted by molar-refractivity contribution is 0.0650. The number of aryl methyl sites for hydroxylation is 2. The highest BCUT2D eigenvalue weighted by Crippen LogP contribution is 2.40. The Morgan fingerprint density at radius 2 is 2.04 bits per heavy atom. The predicted molar refractivity (Wildman–Crippen MR) is 88.6 cm³/mol. The van der Waals surface area contributed by atoms with Crippen molar-refractivity contribution in [3.8, 4) is 0 Å². The third kappa shape index (κ3) is 2.97. The van der Waals surface area contributed by atoms with Crippen molar-refractivity contribution >= 4 is 5.91 Å². The van der Waals surface area contributed by atoms with Gasteiger partial charge in [-0.25, -0.2) is 0 Å². The summed E-state index contributed by atoms with van der Waals surface area (Å²) in [5.74, 6) is 1.28. The van der Waals surface area contributed by atoms with E-state index in [0.717, 1.165) is 18.5 Å². The molecule has 0 saturated heterocycles. The van der Waals surface area contributed by atoms with Gasteiger partial charge in [0.1, 0.15) is 5.76 Å². The second kappa shape index (κ2) is 6.07. The van der Waals surface area contributed by atoms with Crippen LogP contribution < -0.4 is 0 Å². The number of carbonyl (C=O) groups excluding carboxylic acids is 1. The van der Waals surface area contributed by atoms with Gasteiger partial charge in [0.05, 0.1) is 12.2 Å². The lowest BCUT2D eigenvalue weighted by atomic mass is 10.1. The van der Waals surface area contributed by atoms with Crippen molar-refractivity contribution in [2.75, 3.05) is 0 Å². The van der Waals surface area contributed by atoms with Gasteiger partial charge >= 0.3 is 0 Å². The average molecular weight is 328 g/mol. The number of amides is 1. The van der Waals surface area contributed by atoms with Crippen LogP contribution in [-0.4, -0.2) is 31.8 Å². The van der Waals surface area contributed by atoms with E-state index >= 15 is 0 Å². The number of rotatable bonds is 5. The molecule has 4 rings (SSSR count). The van der Waals surface area contributed by atoms with Crippen molar-refractivity contribution < 1.29 is 9.32 Å². The maximum absolute atomic E-state index is 13.0. The van der Waals surface area contributed by atoms with Gasteiger partial charge < -0.3 is 9.42 Å². The molecule has 2 aromatic rings. The van der Waals surface area contributed by atoms with Gasteiger partial charge in [-0.05, 0) is 38.7 Å². The SMILES string of the molecule is Cc1cc(C(=O)N(Cc2cc(C3CC3)n(C)n2)C2CCCC2)no1. The first kappa shape index (κ1) is 15.4. The zero-order valence-electron chi connectivity index (χ0n) is 14.4. The van der Waals surface area contributed by atoms with Gasteiger partial charge in [-0.2, -0.15) is 5.10 Å². The smallest absolute Gasteiger partial charge is 0.276 e. The van der Waals surface area contributed by atoms with E-state index < -0.39 is 0 Å². The second-order valence-electron chi connectivity index (χ2n) is 7.15. The molecule has 2 heterocycles. The molecule has 0 N–H and O–H groups in total. The molecule has 2 aromatic heterocycles. The number of aromatic nitrogens is 3. The van der Waals surface area contributed by atoms with Gasteiger partial charge in [-0.15, -0.1) is 0 Å². The molecule has 2 fully saturated rings. The van der Waals surface area contributed by atoms with E-state index in [-0.39, 0.29) is 11.9 Å². The number of hydrogen-bond acceptors (Lipinski definition) is 4. The highest BCUT2D eigenvalue weighted by molar-refractivity contribution is 5.92. The molecule has 0 aliphatic heterocycles. The van der Waals surface area contributed by atoms with Crippen LogP contribution in [0.3, 0.4) is 0 Å². The fourth-order valence-electron chi connectivity index (χ4n) is 3.75. The van der Waals surface area contributed by atoms with Crippen LogP contribution in [0.5, 0.6) is 0 Å². The highest BCUT2D eigenvalue weighted by Gasteiger charge is 2.31. The molecule has 0 atom stereocenters. The minimum Gasteiger partial charge on any atom is -0.361 e. The van der Waals surface area contributed by atoms with Crippen molar-refractivity contribution in [2.24, 2.45) is 7.05 Å². The maximum atomic E-state index is 13.0. The van der Waals surface area contributed by atoms with E-state index in [1.807, 2.05) is 23.6 Å². The van der Waals surface area contributed by atoms with Crippen LogP contribution >= 0.6 is 0 Å². The summed E-state index contributed by atoms with van der Waals surface area (Å²) in [6.45, 7) is 2.36. The number of hydrogen-bond donors (Lipinski definition) is 0. The Balaban J connectivity index is 1.58. The van der Waals surface area contributed by atoms with E-state index in [4.69, 9.17) is 4.52 Å². The third-order valence-electron chi connectivity index (χ3n) is 5.17. The summed E-state index contributed by atoms with van der Waals surface area (Å²) in [4.78, 5) is 14.9. The van der Waals surface area contributed by atoms with Crippen LogP contribution in [0.1, 0.15) is 72.1 Å². The first-order valence-electron chi connectivity index (χ1n) is 8.89. The van der Waals surface area contributed by atoms with Crippen LogP contribution in [0.4, 0.5) is 0 Å². The molecule has 128 valence electrons. The Kier molecular flexibility index (Phi) is 3.90. The molecule has 6 nitrogen and oxygen atoms in total. The molecule has 2 aliphatic carbocycles. The van der Waals surface area contributed by atoms with Gasteiger partial charge in [0, 0.05) is 30.8 Å². The zero-order chi connectivity index (χ0) is 16.7. The molecule has 24 heavy (non-hydrogen) atoms. The van der Waals surface area contributed by atoms with Gasteiger partial charge in [-0.1, -0.05) is 18.0 Å². The molecular weight excluding hydrogens is 304 g/mol. The second-order valence-corrected chi connectivity index (χ2v) is 7.15. The molecule has 2 saturated carbocycles. The van der Waals surface area contributed by atoms with Crippen LogP contribution in [0.15, 0.2) is 16.7 Å². The molecule has 0 aromatic carbocycles. The number of nitrogens with zero attached hydrogens (tertiary/aromatic N) is 4. The standard InChI is InChI=1S/C18H24N4O2/c1-12-9-16(20-24-12)18(23)22(15-5-3-4-6-15)11-14-10-17(13-7-8-13)21(2)19-14/h9-10,13,15H,3-8,11H2,1-2H3. The summed E-state index contributed by atoms with van der Waals surface area (Å²) < 4.78 is 7.07. The fourth-order valence-corrected chi connectivity index (χ4v) is 3.75. The van der Waals surface area contributed by atoms with Crippen LogP contribution in [0.25, 0.3) is 0 Å². The third-order valence-corrected chi connectivity index (χ3v) is 5.17. The molecular formula is C18H24N4O2. The van der Waals surface area contributed by atoms with Crippen molar-refractivity contribution in [1.82, 2.24) is 19.8 Å². The van der Waals surface area contributed by atoms with E-state index in [9.17, 15) is 4.79 Å². The fraction of sp³-hybridized carbons (Fsp3) is 0.611. The van der Waals surface area contributed by atoms with E-state index in [1.54, 1.807) is 6.07 Å². The first-order valence-corrected chi connectivity index (χ1v) is 8.89. The van der Waals surface area contributed by atoms with Gasteiger partial charge in [-0.3, -0.25) is 9.48 Å². The summed E-state index contributed by atoms with van der Waals surface area (Å²) in [6, 6.07) is 4.17. The largest absolute Gasteiger partial charge is 0.361 e. The molecule has 0 spiro atoms. The highest BCUT2D eigenvalue weighted by atomic mass is 16.5. The van der Waals surface area contributed by atoms with Crippen LogP contribution in [0.2, 0.25) is 0 Å². The molecule has 1 amide bonds. The van der Waals surface area contributed by atoms with Crippen molar-refractivity contribution in [2.45, 2.75) is 64.0 Å². The quantitative estimate of drug-likeness (QED) is 0.845.